The number of rotatable bonds is 7. The standard InChI is InChI=1S/C12H18N4O3/c1-3-5-13-11(17)4-6-14-12-9(2)7-10(8-15-12)16(18)19/h7-8H,3-6H2,1-2H3,(H,13,17)(H,14,15). The molecule has 1 aromatic heterocycles. The third-order valence-electron chi connectivity index (χ3n) is 2.49. The highest BCUT2D eigenvalue weighted by Crippen LogP contribution is 2.17. The minimum atomic E-state index is -0.484. The molecule has 0 aromatic carbocycles. The smallest absolute Gasteiger partial charge is 0.287 e. The maximum atomic E-state index is 11.4. The van der Waals surface area contributed by atoms with Crippen molar-refractivity contribution in [3.63, 3.8) is 0 Å². The molecule has 0 saturated carbocycles. The predicted octanol–water partition coefficient (Wildman–Crippen LogP) is 1.63. The van der Waals surface area contributed by atoms with Gasteiger partial charge in [-0.15, -0.1) is 0 Å². The number of pyridine rings is 1. The summed E-state index contributed by atoms with van der Waals surface area (Å²) in [6, 6.07) is 1.45. The summed E-state index contributed by atoms with van der Waals surface area (Å²) in [4.78, 5) is 25.4. The van der Waals surface area contributed by atoms with E-state index in [1.54, 1.807) is 6.92 Å². The summed E-state index contributed by atoms with van der Waals surface area (Å²) < 4.78 is 0. The fourth-order valence-electron chi connectivity index (χ4n) is 1.49. The van der Waals surface area contributed by atoms with Crippen molar-refractivity contribution in [1.29, 1.82) is 0 Å². The molecule has 1 aromatic rings. The van der Waals surface area contributed by atoms with Crippen LogP contribution in [0.25, 0.3) is 0 Å². The number of nitrogens with one attached hydrogen (secondary N) is 2. The Morgan fingerprint density at radius 1 is 1.47 bits per heavy atom. The molecule has 0 unspecified atom stereocenters. The van der Waals surface area contributed by atoms with E-state index in [4.69, 9.17) is 0 Å². The van der Waals surface area contributed by atoms with E-state index in [-0.39, 0.29) is 11.6 Å². The van der Waals surface area contributed by atoms with Gasteiger partial charge in [-0.2, -0.15) is 0 Å². The van der Waals surface area contributed by atoms with E-state index >= 15 is 0 Å². The van der Waals surface area contributed by atoms with Gasteiger partial charge in [-0.1, -0.05) is 6.92 Å². The average Bonchev–Trinajstić information content (AvgIpc) is 2.38. The molecule has 2 N–H and O–H groups in total. The fourth-order valence-corrected chi connectivity index (χ4v) is 1.49. The van der Waals surface area contributed by atoms with Gasteiger partial charge in [0.05, 0.1) is 4.92 Å². The van der Waals surface area contributed by atoms with Crippen molar-refractivity contribution in [3.05, 3.63) is 27.9 Å². The first-order chi connectivity index (χ1) is 9.04. The summed E-state index contributed by atoms with van der Waals surface area (Å²) in [5.74, 6) is 0.544. The zero-order valence-corrected chi connectivity index (χ0v) is 11.1. The molecule has 7 heteroatoms. The maximum absolute atomic E-state index is 11.4. The summed E-state index contributed by atoms with van der Waals surface area (Å²) in [5.41, 5.74) is 0.645. The van der Waals surface area contributed by atoms with Crippen molar-refractivity contribution in [2.75, 3.05) is 18.4 Å². The van der Waals surface area contributed by atoms with Crippen LogP contribution in [0.1, 0.15) is 25.3 Å². The van der Waals surface area contributed by atoms with Gasteiger partial charge in [0.25, 0.3) is 5.69 Å². The van der Waals surface area contributed by atoms with E-state index in [2.05, 4.69) is 15.6 Å². The third-order valence-corrected chi connectivity index (χ3v) is 2.49. The van der Waals surface area contributed by atoms with Crippen LogP contribution in [0, 0.1) is 17.0 Å². The molecule has 1 rings (SSSR count). The van der Waals surface area contributed by atoms with Crippen molar-refractivity contribution in [3.8, 4) is 0 Å². The van der Waals surface area contributed by atoms with Crippen LogP contribution in [0.5, 0.6) is 0 Å². The van der Waals surface area contributed by atoms with Crippen LogP contribution in [0.3, 0.4) is 0 Å². The molecule has 19 heavy (non-hydrogen) atoms. The zero-order valence-electron chi connectivity index (χ0n) is 11.1. The van der Waals surface area contributed by atoms with Gasteiger partial charge in [-0.3, -0.25) is 14.9 Å². The Morgan fingerprint density at radius 3 is 2.79 bits per heavy atom. The second kappa shape index (κ2) is 7.30. The largest absolute Gasteiger partial charge is 0.369 e. The molecule has 0 aliphatic heterocycles. The first kappa shape index (κ1) is 14.9. The Hall–Kier alpha value is -2.18. The highest BCUT2D eigenvalue weighted by molar-refractivity contribution is 5.76. The molecule has 0 bridgehead atoms. The van der Waals surface area contributed by atoms with Gasteiger partial charge in [0.2, 0.25) is 5.91 Å². The summed E-state index contributed by atoms with van der Waals surface area (Å²) in [5, 5.41) is 16.3. The summed E-state index contributed by atoms with van der Waals surface area (Å²) in [7, 11) is 0. The molecule has 7 nitrogen and oxygen atoms in total. The first-order valence-corrected chi connectivity index (χ1v) is 6.16. The minimum Gasteiger partial charge on any atom is -0.369 e. The number of nitrogens with zero attached hydrogens (tertiary/aromatic N) is 2. The number of carbonyl (C=O) groups excluding carboxylic acids is 1. The van der Waals surface area contributed by atoms with Gasteiger partial charge in [0, 0.05) is 25.6 Å². The SMILES string of the molecule is CCCNC(=O)CCNc1ncc([N+](=O)[O-])cc1C. The molecule has 0 atom stereocenters. The van der Waals surface area contributed by atoms with Gasteiger partial charge in [0.15, 0.2) is 0 Å². The first-order valence-electron chi connectivity index (χ1n) is 6.16. The molecular formula is C12H18N4O3. The number of nitro groups is 1. The Balaban J connectivity index is 2.45. The monoisotopic (exact) mass is 266 g/mol. The molecule has 0 saturated heterocycles. The van der Waals surface area contributed by atoms with E-state index in [0.717, 1.165) is 6.42 Å². The van der Waals surface area contributed by atoms with Crippen molar-refractivity contribution in [2.24, 2.45) is 0 Å². The number of anilines is 1. The Bertz CT molecular complexity index is 462. The third kappa shape index (κ3) is 4.90. The van der Waals surface area contributed by atoms with Crippen molar-refractivity contribution in [2.45, 2.75) is 26.7 Å². The highest BCUT2D eigenvalue weighted by atomic mass is 16.6. The summed E-state index contributed by atoms with van der Waals surface area (Å²) in [6.07, 6.45) is 2.45. The van der Waals surface area contributed by atoms with E-state index in [1.165, 1.54) is 12.3 Å². The zero-order chi connectivity index (χ0) is 14.3. The number of hydrogen-bond donors (Lipinski definition) is 2. The number of aromatic nitrogens is 1. The van der Waals surface area contributed by atoms with Gasteiger partial charge in [-0.25, -0.2) is 4.98 Å². The van der Waals surface area contributed by atoms with E-state index in [9.17, 15) is 14.9 Å². The molecule has 0 spiro atoms. The van der Waals surface area contributed by atoms with Crippen molar-refractivity contribution in [1.82, 2.24) is 10.3 Å². The van der Waals surface area contributed by atoms with Gasteiger partial charge in [-0.05, 0) is 18.9 Å². The summed E-state index contributed by atoms with van der Waals surface area (Å²) >= 11 is 0. The lowest BCUT2D eigenvalue weighted by Crippen LogP contribution is -2.26. The fraction of sp³-hybridized carbons (Fsp3) is 0.500. The van der Waals surface area contributed by atoms with Gasteiger partial charge >= 0.3 is 0 Å². The van der Waals surface area contributed by atoms with E-state index in [0.29, 0.717) is 30.9 Å². The van der Waals surface area contributed by atoms with E-state index in [1.807, 2.05) is 6.92 Å². The normalized spacial score (nSPS) is 10.0. The van der Waals surface area contributed by atoms with Crippen LogP contribution in [-0.2, 0) is 4.79 Å². The van der Waals surface area contributed by atoms with Crippen LogP contribution in [0.15, 0.2) is 12.3 Å². The average molecular weight is 266 g/mol. The van der Waals surface area contributed by atoms with Crippen LogP contribution in [0.4, 0.5) is 11.5 Å². The molecule has 0 fully saturated rings. The lowest BCUT2D eigenvalue weighted by Gasteiger charge is -2.08. The molecule has 1 amide bonds. The molecule has 0 aliphatic carbocycles. The van der Waals surface area contributed by atoms with Crippen LogP contribution in [0.2, 0.25) is 0 Å². The molecule has 1 heterocycles. The Kier molecular flexibility index (Phi) is 5.72. The van der Waals surface area contributed by atoms with Crippen molar-refractivity contribution >= 4 is 17.4 Å². The Morgan fingerprint density at radius 2 is 2.21 bits per heavy atom. The second-order valence-electron chi connectivity index (χ2n) is 4.14. The number of carbonyl (C=O) groups is 1. The quantitative estimate of drug-likeness (QED) is 0.577. The number of amides is 1. The lowest BCUT2D eigenvalue weighted by atomic mass is 10.2. The van der Waals surface area contributed by atoms with Crippen LogP contribution < -0.4 is 10.6 Å². The van der Waals surface area contributed by atoms with Crippen LogP contribution in [-0.4, -0.2) is 28.9 Å². The second-order valence-corrected chi connectivity index (χ2v) is 4.14. The summed E-state index contributed by atoms with van der Waals surface area (Å²) in [6.45, 7) is 4.84. The lowest BCUT2D eigenvalue weighted by molar-refractivity contribution is -0.385. The van der Waals surface area contributed by atoms with Crippen LogP contribution >= 0.6 is 0 Å². The maximum Gasteiger partial charge on any atom is 0.287 e. The topological polar surface area (TPSA) is 97.2 Å². The number of hydrogen-bond acceptors (Lipinski definition) is 5. The minimum absolute atomic E-state index is 0.0195. The highest BCUT2D eigenvalue weighted by Gasteiger charge is 2.09. The number of aryl methyl sites for hydroxylation is 1. The van der Waals surface area contributed by atoms with Crippen molar-refractivity contribution < 1.29 is 9.72 Å². The molecule has 104 valence electrons. The van der Waals surface area contributed by atoms with Gasteiger partial charge < -0.3 is 10.6 Å². The Labute approximate surface area is 111 Å². The molecule has 0 aliphatic rings. The van der Waals surface area contributed by atoms with E-state index < -0.39 is 4.92 Å². The molecular weight excluding hydrogens is 248 g/mol. The molecule has 0 radical (unpaired) electrons. The van der Waals surface area contributed by atoms with Gasteiger partial charge in [0.1, 0.15) is 12.0 Å². The predicted molar refractivity (Wildman–Crippen MR) is 72.0 cm³/mol.